The minimum Gasteiger partial charge on any atom is -0.394 e. The van der Waals surface area contributed by atoms with Crippen LogP contribution in [0.4, 0.5) is 0 Å². The summed E-state index contributed by atoms with van der Waals surface area (Å²) in [5.74, 6) is 0.646. The molecule has 0 aromatic carbocycles. The van der Waals surface area contributed by atoms with E-state index in [0.29, 0.717) is 12.3 Å². The molecule has 0 saturated heterocycles. The highest BCUT2D eigenvalue weighted by Crippen LogP contribution is 2.28. The average Bonchev–Trinajstić information content (AvgIpc) is 2.75. The summed E-state index contributed by atoms with van der Waals surface area (Å²) in [6, 6.07) is -0.499. The van der Waals surface area contributed by atoms with Gasteiger partial charge in [-0.2, -0.15) is 0 Å². The zero-order valence-corrected chi connectivity index (χ0v) is 9.11. The Morgan fingerprint density at radius 1 is 1.27 bits per heavy atom. The number of rotatable bonds is 6. The van der Waals surface area contributed by atoms with Crippen LogP contribution in [0.25, 0.3) is 0 Å². The van der Waals surface area contributed by atoms with E-state index >= 15 is 0 Å². The number of amides is 1. The van der Waals surface area contributed by atoms with E-state index in [9.17, 15) is 4.79 Å². The molecule has 0 radical (unpaired) electrons. The summed E-state index contributed by atoms with van der Waals surface area (Å²) in [7, 11) is 0. The van der Waals surface area contributed by atoms with E-state index in [0.717, 1.165) is 6.42 Å². The summed E-state index contributed by atoms with van der Waals surface area (Å²) >= 11 is 0. The lowest BCUT2D eigenvalue weighted by molar-refractivity contribution is -0.122. The van der Waals surface area contributed by atoms with Gasteiger partial charge < -0.3 is 15.5 Å². The van der Waals surface area contributed by atoms with E-state index in [-0.39, 0.29) is 19.1 Å². The van der Waals surface area contributed by atoms with Crippen LogP contribution in [0.5, 0.6) is 0 Å². The van der Waals surface area contributed by atoms with Gasteiger partial charge in [-0.3, -0.25) is 4.79 Å². The lowest BCUT2D eigenvalue weighted by atomic mass is 10.0. The molecule has 0 bridgehead atoms. The number of aliphatic hydroxyl groups is 2. The Hall–Kier alpha value is -0.610. The van der Waals surface area contributed by atoms with Crippen molar-refractivity contribution in [1.29, 1.82) is 0 Å². The first kappa shape index (κ1) is 12.5. The van der Waals surface area contributed by atoms with Gasteiger partial charge in [0.25, 0.3) is 0 Å². The zero-order valence-electron chi connectivity index (χ0n) is 9.11. The number of hydrogen-bond donors (Lipinski definition) is 3. The van der Waals surface area contributed by atoms with Crippen LogP contribution in [-0.4, -0.2) is 35.4 Å². The molecular weight excluding hydrogens is 194 g/mol. The van der Waals surface area contributed by atoms with Gasteiger partial charge in [-0.05, 0) is 12.3 Å². The van der Waals surface area contributed by atoms with Gasteiger partial charge >= 0.3 is 0 Å². The van der Waals surface area contributed by atoms with E-state index in [4.69, 9.17) is 10.2 Å². The van der Waals surface area contributed by atoms with Crippen LogP contribution >= 0.6 is 0 Å². The number of hydrogen-bond acceptors (Lipinski definition) is 3. The average molecular weight is 215 g/mol. The van der Waals surface area contributed by atoms with Crippen molar-refractivity contribution in [2.24, 2.45) is 5.92 Å². The Morgan fingerprint density at radius 3 is 2.40 bits per heavy atom. The molecule has 88 valence electrons. The third-order valence-corrected chi connectivity index (χ3v) is 3.06. The van der Waals surface area contributed by atoms with Crippen molar-refractivity contribution >= 4 is 5.91 Å². The summed E-state index contributed by atoms with van der Waals surface area (Å²) in [6.45, 7) is -0.405. The minimum atomic E-state index is -0.499. The molecule has 0 aromatic heterocycles. The molecule has 15 heavy (non-hydrogen) atoms. The Bertz CT molecular complexity index is 186. The summed E-state index contributed by atoms with van der Waals surface area (Å²) in [5.41, 5.74) is 0. The Labute approximate surface area is 90.7 Å². The quantitative estimate of drug-likeness (QED) is 0.601. The molecule has 3 N–H and O–H groups in total. The molecule has 1 aliphatic rings. The predicted octanol–water partition coefficient (Wildman–Crippen LogP) is 0.426. The molecule has 0 heterocycles. The normalized spacial score (nSPS) is 17.3. The molecule has 4 nitrogen and oxygen atoms in total. The fourth-order valence-corrected chi connectivity index (χ4v) is 2.08. The minimum absolute atomic E-state index is 0.0602. The van der Waals surface area contributed by atoms with Crippen LogP contribution in [0.15, 0.2) is 0 Å². The molecule has 1 saturated carbocycles. The second-order valence-corrected chi connectivity index (χ2v) is 4.32. The van der Waals surface area contributed by atoms with Gasteiger partial charge in [0, 0.05) is 6.42 Å². The summed E-state index contributed by atoms with van der Waals surface area (Å²) in [6.07, 6.45) is 6.54. The highest BCUT2D eigenvalue weighted by atomic mass is 16.3. The van der Waals surface area contributed by atoms with Crippen LogP contribution in [-0.2, 0) is 4.79 Å². The molecular formula is C11H21NO3. The predicted molar refractivity (Wildman–Crippen MR) is 57.3 cm³/mol. The maximum Gasteiger partial charge on any atom is 0.220 e. The molecule has 0 spiro atoms. The monoisotopic (exact) mass is 215 g/mol. The van der Waals surface area contributed by atoms with Crippen LogP contribution in [0, 0.1) is 5.92 Å². The Balaban J connectivity index is 2.11. The standard InChI is InChI=1S/C11H21NO3/c13-7-10(8-14)12-11(15)6-5-9-3-1-2-4-9/h9-10,13-14H,1-8H2,(H,12,15). The van der Waals surface area contributed by atoms with Crippen molar-refractivity contribution < 1.29 is 15.0 Å². The maximum absolute atomic E-state index is 11.4. The molecule has 0 atom stereocenters. The van der Waals surface area contributed by atoms with E-state index in [1.165, 1.54) is 25.7 Å². The van der Waals surface area contributed by atoms with Gasteiger partial charge in [0.2, 0.25) is 5.91 Å². The summed E-state index contributed by atoms with van der Waals surface area (Å²) in [4.78, 5) is 11.4. The van der Waals surface area contributed by atoms with Crippen LogP contribution in [0.1, 0.15) is 38.5 Å². The molecule has 4 heteroatoms. The first-order valence-electron chi connectivity index (χ1n) is 5.77. The third kappa shape index (κ3) is 4.62. The summed E-state index contributed by atoms with van der Waals surface area (Å²) in [5, 5.41) is 20.2. The fourth-order valence-electron chi connectivity index (χ4n) is 2.08. The van der Waals surface area contributed by atoms with Crippen molar-refractivity contribution in [2.75, 3.05) is 13.2 Å². The molecule has 0 aromatic rings. The lowest BCUT2D eigenvalue weighted by Gasteiger charge is -2.14. The smallest absolute Gasteiger partial charge is 0.220 e. The lowest BCUT2D eigenvalue weighted by Crippen LogP contribution is -2.40. The number of carbonyl (C=O) groups excluding carboxylic acids is 1. The zero-order chi connectivity index (χ0) is 11.1. The van der Waals surface area contributed by atoms with Gasteiger partial charge in [-0.1, -0.05) is 25.7 Å². The molecule has 1 amide bonds. The first-order valence-corrected chi connectivity index (χ1v) is 5.77. The van der Waals surface area contributed by atoms with Crippen molar-refractivity contribution in [2.45, 2.75) is 44.6 Å². The van der Waals surface area contributed by atoms with Crippen molar-refractivity contribution in [3.8, 4) is 0 Å². The molecule has 0 aliphatic heterocycles. The third-order valence-electron chi connectivity index (χ3n) is 3.06. The molecule has 1 fully saturated rings. The van der Waals surface area contributed by atoms with Gasteiger partial charge in [-0.15, -0.1) is 0 Å². The van der Waals surface area contributed by atoms with Gasteiger partial charge in [0.1, 0.15) is 0 Å². The fraction of sp³-hybridized carbons (Fsp3) is 0.909. The van der Waals surface area contributed by atoms with Gasteiger partial charge in [0.05, 0.1) is 19.3 Å². The largest absolute Gasteiger partial charge is 0.394 e. The van der Waals surface area contributed by atoms with Gasteiger partial charge in [-0.25, -0.2) is 0 Å². The first-order chi connectivity index (χ1) is 7.26. The second kappa shape index (κ2) is 6.80. The number of carbonyl (C=O) groups is 1. The van der Waals surface area contributed by atoms with E-state index < -0.39 is 6.04 Å². The SMILES string of the molecule is O=C(CCC1CCCC1)NC(CO)CO. The molecule has 1 rings (SSSR count). The van der Waals surface area contributed by atoms with Gasteiger partial charge in [0.15, 0.2) is 0 Å². The Kier molecular flexibility index (Phi) is 5.65. The summed E-state index contributed by atoms with van der Waals surface area (Å²) < 4.78 is 0. The highest BCUT2D eigenvalue weighted by Gasteiger charge is 2.17. The van der Waals surface area contributed by atoms with Crippen molar-refractivity contribution in [3.05, 3.63) is 0 Å². The van der Waals surface area contributed by atoms with E-state index in [2.05, 4.69) is 5.32 Å². The van der Waals surface area contributed by atoms with Crippen LogP contribution in [0.3, 0.4) is 0 Å². The van der Waals surface area contributed by atoms with E-state index in [1.54, 1.807) is 0 Å². The maximum atomic E-state index is 11.4. The van der Waals surface area contributed by atoms with Crippen molar-refractivity contribution in [3.63, 3.8) is 0 Å². The van der Waals surface area contributed by atoms with Crippen molar-refractivity contribution in [1.82, 2.24) is 5.32 Å². The molecule has 0 unspecified atom stereocenters. The number of nitrogens with one attached hydrogen (secondary N) is 1. The number of aliphatic hydroxyl groups excluding tert-OH is 2. The Morgan fingerprint density at radius 2 is 1.87 bits per heavy atom. The van der Waals surface area contributed by atoms with E-state index in [1.807, 2.05) is 0 Å². The molecule has 1 aliphatic carbocycles. The second-order valence-electron chi connectivity index (χ2n) is 4.32. The highest BCUT2D eigenvalue weighted by molar-refractivity contribution is 5.76. The topological polar surface area (TPSA) is 69.6 Å². The van der Waals surface area contributed by atoms with Crippen LogP contribution < -0.4 is 5.32 Å². The van der Waals surface area contributed by atoms with Crippen LogP contribution in [0.2, 0.25) is 0 Å².